The van der Waals surface area contributed by atoms with Gasteiger partial charge in [-0.1, -0.05) is 0 Å². The predicted molar refractivity (Wildman–Crippen MR) is 74.4 cm³/mol. The van der Waals surface area contributed by atoms with Gasteiger partial charge >= 0.3 is 0 Å². The van der Waals surface area contributed by atoms with Gasteiger partial charge in [0.15, 0.2) is 0 Å². The first-order chi connectivity index (χ1) is 8.55. The predicted octanol–water partition coefficient (Wildman–Crippen LogP) is 0.637. The van der Waals surface area contributed by atoms with Gasteiger partial charge in [-0.15, -0.1) is 0 Å². The Labute approximate surface area is 110 Å². The van der Waals surface area contributed by atoms with Crippen LogP contribution in [0.15, 0.2) is 4.99 Å². The highest BCUT2D eigenvalue weighted by atomic mass is 16.5. The summed E-state index contributed by atoms with van der Waals surface area (Å²) in [6.45, 7) is 11.5. The van der Waals surface area contributed by atoms with E-state index in [1.807, 2.05) is 27.7 Å². The van der Waals surface area contributed by atoms with Crippen LogP contribution >= 0.6 is 0 Å². The SMILES string of the molecule is CCOCCCNC(=NCC(C)(C)OCC)NN. The third-order valence-electron chi connectivity index (χ3n) is 2.25. The maximum absolute atomic E-state index is 5.56. The summed E-state index contributed by atoms with van der Waals surface area (Å²) >= 11 is 0. The van der Waals surface area contributed by atoms with Crippen molar-refractivity contribution in [1.29, 1.82) is 0 Å². The van der Waals surface area contributed by atoms with Crippen molar-refractivity contribution in [3.8, 4) is 0 Å². The van der Waals surface area contributed by atoms with Crippen molar-refractivity contribution in [3.63, 3.8) is 0 Å². The van der Waals surface area contributed by atoms with E-state index in [0.29, 0.717) is 19.1 Å². The molecule has 0 radical (unpaired) electrons. The lowest BCUT2D eigenvalue weighted by atomic mass is 10.1. The zero-order valence-corrected chi connectivity index (χ0v) is 12.1. The third-order valence-corrected chi connectivity index (χ3v) is 2.25. The molecule has 6 heteroatoms. The van der Waals surface area contributed by atoms with E-state index in [1.165, 1.54) is 0 Å². The van der Waals surface area contributed by atoms with Crippen molar-refractivity contribution >= 4 is 5.96 Å². The number of hydrazine groups is 1. The van der Waals surface area contributed by atoms with Gasteiger partial charge in [-0.2, -0.15) is 0 Å². The summed E-state index contributed by atoms with van der Waals surface area (Å²) in [6.07, 6.45) is 0.920. The van der Waals surface area contributed by atoms with Crippen molar-refractivity contribution in [2.24, 2.45) is 10.8 Å². The van der Waals surface area contributed by atoms with Crippen LogP contribution in [0.4, 0.5) is 0 Å². The Morgan fingerprint density at radius 1 is 1.28 bits per heavy atom. The van der Waals surface area contributed by atoms with Crippen LogP contribution in [0.1, 0.15) is 34.1 Å². The van der Waals surface area contributed by atoms with E-state index < -0.39 is 0 Å². The van der Waals surface area contributed by atoms with Gasteiger partial charge in [-0.3, -0.25) is 5.43 Å². The van der Waals surface area contributed by atoms with E-state index >= 15 is 0 Å². The number of ether oxygens (including phenoxy) is 2. The first-order valence-corrected chi connectivity index (χ1v) is 6.52. The van der Waals surface area contributed by atoms with Crippen LogP contribution in [0, 0.1) is 0 Å². The molecular weight excluding hydrogens is 232 g/mol. The first kappa shape index (κ1) is 17.2. The Kier molecular flexibility index (Phi) is 9.63. The van der Waals surface area contributed by atoms with E-state index in [1.54, 1.807) is 0 Å². The van der Waals surface area contributed by atoms with Crippen LogP contribution in [0.25, 0.3) is 0 Å². The van der Waals surface area contributed by atoms with Crippen molar-refractivity contribution in [2.45, 2.75) is 39.7 Å². The molecule has 4 N–H and O–H groups in total. The van der Waals surface area contributed by atoms with Gasteiger partial charge < -0.3 is 14.8 Å². The number of aliphatic imine (C=N–C) groups is 1. The summed E-state index contributed by atoms with van der Waals surface area (Å²) in [5.74, 6) is 5.98. The quantitative estimate of drug-likeness (QED) is 0.186. The van der Waals surface area contributed by atoms with Crippen LogP contribution in [-0.2, 0) is 9.47 Å². The molecule has 6 nitrogen and oxygen atoms in total. The molecule has 0 aromatic rings. The largest absolute Gasteiger partial charge is 0.382 e. The van der Waals surface area contributed by atoms with Crippen molar-refractivity contribution in [3.05, 3.63) is 0 Å². The standard InChI is InChI=1S/C12H28N4O2/c1-5-17-9-7-8-14-11(16-13)15-10-12(3,4)18-6-2/h5-10,13H2,1-4H3,(H2,14,15,16). The van der Waals surface area contributed by atoms with E-state index in [2.05, 4.69) is 15.7 Å². The molecule has 0 bridgehead atoms. The molecule has 0 fully saturated rings. The zero-order chi connectivity index (χ0) is 13.9. The molecule has 0 aromatic carbocycles. The first-order valence-electron chi connectivity index (χ1n) is 6.52. The Morgan fingerprint density at radius 2 is 2.00 bits per heavy atom. The van der Waals surface area contributed by atoms with Crippen LogP contribution in [-0.4, -0.2) is 44.5 Å². The monoisotopic (exact) mass is 260 g/mol. The van der Waals surface area contributed by atoms with Crippen LogP contribution in [0.3, 0.4) is 0 Å². The van der Waals surface area contributed by atoms with Gasteiger partial charge in [0, 0.05) is 26.4 Å². The molecule has 0 aliphatic carbocycles. The Morgan fingerprint density at radius 3 is 2.56 bits per heavy atom. The molecule has 0 heterocycles. The van der Waals surface area contributed by atoms with Gasteiger partial charge in [0.2, 0.25) is 5.96 Å². The lowest BCUT2D eigenvalue weighted by Gasteiger charge is -2.22. The minimum atomic E-state index is -0.274. The number of guanidine groups is 1. The lowest BCUT2D eigenvalue weighted by molar-refractivity contribution is -0.00219. The van der Waals surface area contributed by atoms with Crippen molar-refractivity contribution < 1.29 is 9.47 Å². The number of hydrogen-bond donors (Lipinski definition) is 3. The number of nitrogens with one attached hydrogen (secondary N) is 2. The summed E-state index contributed by atoms with van der Waals surface area (Å²) in [4.78, 5) is 4.35. The van der Waals surface area contributed by atoms with Crippen LogP contribution in [0.5, 0.6) is 0 Å². The smallest absolute Gasteiger partial charge is 0.205 e. The fraction of sp³-hybridized carbons (Fsp3) is 0.917. The summed E-state index contributed by atoms with van der Waals surface area (Å²) < 4.78 is 10.8. The molecule has 0 aliphatic rings. The van der Waals surface area contributed by atoms with Gasteiger partial charge in [0.05, 0.1) is 12.1 Å². The lowest BCUT2D eigenvalue weighted by Crippen LogP contribution is -2.43. The van der Waals surface area contributed by atoms with E-state index in [4.69, 9.17) is 15.3 Å². The molecule has 0 atom stereocenters. The summed E-state index contributed by atoms with van der Waals surface area (Å²) in [5, 5.41) is 3.12. The molecule has 0 spiro atoms. The van der Waals surface area contributed by atoms with Crippen LogP contribution < -0.4 is 16.6 Å². The van der Waals surface area contributed by atoms with E-state index in [9.17, 15) is 0 Å². The Balaban J connectivity index is 3.92. The average molecular weight is 260 g/mol. The normalized spacial score (nSPS) is 12.6. The van der Waals surface area contributed by atoms with Crippen molar-refractivity contribution in [1.82, 2.24) is 10.7 Å². The molecule has 0 rings (SSSR count). The maximum atomic E-state index is 5.56. The second-order valence-electron chi connectivity index (χ2n) is 4.48. The molecule has 0 amide bonds. The van der Waals surface area contributed by atoms with Crippen LogP contribution in [0.2, 0.25) is 0 Å². The topological polar surface area (TPSA) is 80.9 Å². The highest BCUT2D eigenvalue weighted by Crippen LogP contribution is 2.08. The van der Waals surface area contributed by atoms with E-state index in [-0.39, 0.29) is 5.60 Å². The third kappa shape index (κ3) is 9.21. The molecule has 18 heavy (non-hydrogen) atoms. The Hall–Kier alpha value is -0.850. The fourth-order valence-electron chi connectivity index (χ4n) is 1.38. The minimum Gasteiger partial charge on any atom is -0.382 e. The summed E-state index contributed by atoms with van der Waals surface area (Å²) in [7, 11) is 0. The molecular formula is C12H28N4O2. The highest BCUT2D eigenvalue weighted by molar-refractivity contribution is 5.79. The summed E-state index contributed by atoms with van der Waals surface area (Å²) in [6, 6.07) is 0. The zero-order valence-electron chi connectivity index (χ0n) is 12.1. The van der Waals surface area contributed by atoms with Gasteiger partial charge in [-0.25, -0.2) is 10.8 Å². The number of nitrogens with two attached hydrogens (primary N) is 1. The number of nitrogens with zero attached hydrogens (tertiary/aromatic N) is 1. The number of rotatable bonds is 9. The molecule has 0 aromatic heterocycles. The Bertz CT molecular complexity index is 232. The van der Waals surface area contributed by atoms with Crippen molar-refractivity contribution in [2.75, 3.05) is 32.9 Å². The maximum Gasteiger partial charge on any atom is 0.205 e. The second kappa shape index (κ2) is 10.1. The fourth-order valence-corrected chi connectivity index (χ4v) is 1.38. The molecule has 0 unspecified atom stereocenters. The molecule has 0 aliphatic heterocycles. The number of hydrogen-bond acceptors (Lipinski definition) is 4. The summed E-state index contributed by atoms with van der Waals surface area (Å²) in [5.41, 5.74) is 2.28. The minimum absolute atomic E-state index is 0.274. The van der Waals surface area contributed by atoms with Gasteiger partial charge in [-0.05, 0) is 34.1 Å². The van der Waals surface area contributed by atoms with Gasteiger partial charge in [0.1, 0.15) is 0 Å². The second-order valence-corrected chi connectivity index (χ2v) is 4.48. The van der Waals surface area contributed by atoms with E-state index in [0.717, 1.165) is 26.2 Å². The van der Waals surface area contributed by atoms with Gasteiger partial charge in [0.25, 0.3) is 0 Å². The molecule has 108 valence electrons. The molecule has 0 saturated heterocycles. The molecule has 0 saturated carbocycles. The average Bonchev–Trinajstić information content (AvgIpc) is 2.32. The highest BCUT2D eigenvalue weighted by Gasteiger charge is 2.16.